The first-order valence-corrected chi connectivity index (χ1v) is 4.31. The van der Waals surface area contributed by atoms with E-state index in [-0.39, 0.29) is 5.41 Å². The van der Waals surface area contributed by atoms with Gasteiger partial charge in [0.05, 0.1) is 0 Å². The second kappa shape index (κ2) is 3.33. The normalized spacial score (nSPS) is 22.7. The van der Waals surface area contributed by atoms with Crippen LogP contribution in [0, 0.1) is 5.41 Å². The van der Waals surface area contributed by atoms with Crippen LogP contribution in [0.3, 0.4) is 0 Å². The second-order valence-electron chi connectivity index (χ2n) is 4.55. The van der Waals surface area contributed by atoms with Crippen molar-refractivity contribution in [3.63, 3.8) is 0 Å². The molecule has 1 aliphatic rings. The lowest BCUT2D eigenvalue weighted by atomic mass is 9.96. The van der Waals surface area contributed by atoms with E-state index in [0.717, 1.165) is 0 Å². The lowest BCUT2D eigenvalue weighted by Crippen LogP contribution is -2.50. The average molecular weight is 209 g/mol. The largest absolute Gasteiger partial charge is 0.428 e. The predicted octanol–water partition coefficient (Wildman–Crippen LogP) is 1.77. The van der Waals surface area contributed by atoms with Gasteiger partial charge in [-0.15, -0.1) is 0 Å². The van der Waals surface area contributed by atoms with Gasteiger partial charge < -0.3 is 4.90 Å². The standard InChI is InChI=1S/C8H14F3N3/c1-7(2,3)4-14-5-12-13-6(14)8(9,10)11/h5-6,13H,4H2,1-3H3. The molecule has 1 heterocycles. The first kappa shape index (κ1) is 11.1. The Balaban J connectivity index is 2.65. The number of rotatable bonds is 1. The molecule has 0 aromatic carbocycles. The van der Waals surface area contributed by atoms with E-state index in [0.29, 0.717) is 6.54 Å². The Hall–Kier alpha value is -0.940. The summed E-state index contributed by atoms with van der Waals surface area (Å²) in [5, 5.41) is 3.43. The molecule has 0 fully saturated rings. The summed E-state index contributed by atoms with van der Waals surface area (Å²) >= 11 is 0. The third kappa shape index (κ3) is 2.78. The van der Waals surface area contributed by atoms with Crippen LogP contribution in [0.2, 0.25) is 0 Å². The number of hydrazone groups is 1. The maximum absolute atomic E-state index is 12.4. The predicted molar refractivity (Wildman–Crippen MR) is 47.6 cm³/mol. The molecule has 6 heteroatoms. The quantitative estimate of drug-likeness (QED) is 0.712. The number of hydrogen-bond acceptors (Lipinski definition) is 3. The Labute approximate surface area is 81.0 Å². The van der Waals surface area contributed by atoms with Crippen molar-refractivity contribution in [3.8, 4) is 0 Å². The Morgan fingerprint density at radius 3 is 2.36 bits per heavy atom. The molecule has 0 aromatic heterocycles. The van der Waals surface area contributed by atoms with Crippen LogP contribution in [0.4, 0.5) is 13.2 Å². The molecule has 0 aliphatic carbocycles. The van der Waals surface area contributed by atoms with E-state index in [1.165, 1.54) is 11.2 Å². The molecule has 1 N–H and O–H groups in total. The first-order valence-electron chi connectivity index (χ1n) is 4.31. The van der Waals surface area contributed by atoms with Crippen LogP contribution in [0.25, 0.3) is 0 Å². The number of halogens is 3. The molecule has 0 radical (unpaired) electrons. The van der Waals surface area contributed by atoms with E-state index < -0.39 is 12.3 Å². The van der Waals surface area contributed by atoms with Crippen LogP contribution in [0.5, 0.6) is 0 Å². The van der Waals surface area contributed by atoms with Crippen molar-refractivity contribution in [2.75, 3.05) is 6.54 Å². The molecule has 1 unspecified atom stereocenters. The van der Waals surface area contributed by atoms with E-state index in [1.54, 1.807) is 0 Å². The minimum absolute atomic E-state index is 0.193. The zero-order valence-corrected chi connectivity index (χ0v) is 8.39. The molecular formula is C8H14F3N3. The summed E-state index contributed by atoms with van der Waals surface area (Å²) in [6, 6.07) is 0. The molecule has 0 amide bonds. The molecular weight excluding hydrogens is 195 g/mol. The molecule has 1 atom stereocenters. The molecule has 0 aromatic rings. The van der Waals surface area contributed by atoms with Crippen molar-refractivity contribution >= 4 is 6.34 Å². The van der Waals surface area contributed by atoms with Gasteiger partial charge in [-0.2, -0.15) is 18.3 Å². The lowest BCUT2D eigenvalue weighted by molar-refractivity contribution is -0.179. The van der Waals surface area contributed by atoms with Crippen molar-refractivity contribution in [3.05, 3.63) is 0 Å². The van der Waals surface area contributed by atoms with Crippen LogP contribution in [0.1, 0.15) is 20.8 Å². The minimum Gasteiger partial charge on any atom is -0.332 e. The summed E-state index contributed by atoms with van der Waals surface area (Å²) in [5.74, 6) is 0. The summed E-state index contributed by atoms with van der Waals surface area (Å²) < 4.78 is 37.2. The summed E-state index contributed by atoms with van der Waals surface area (Å²) in [6.07, 6.45) is -4.77. The van der Waals surface area contributed by atoms with Crippen LogP contribution >= 0.6 is 0 Å². The third-order valence-electron chi connectivity index (χ3n) is 1.70. The lowest BCUT2D eigenvalue weighted by Gasteiger charge is -2.31. The number of alkyl halides is 3. The van der Waals surface area contributed by atoms with Gasteiger partial charge in [-0.3, -0.25) is 5.43 Å². The maximum Gasteiger partial charge on any atom is 0.428 e. The van der Waals surface area contributed by atoms with Crippen molar-refractivity contribution in [1.82, 2.24) is 10.3 Å². The maximum atomic E-state index is 12.4. The Morgan fingerprint density at radius 1 is 1.36 bits per heavy atom. The smallest absolute Gasteiger partial charge is 0.332 e. The molecule has 1 aliphatic heterocycles. The summed E-state index contributed by atoms with van der Waals surface area (Å²) in [4.78, 5) is 1.17. The highest BCUT2D eigenvalue weighted by Gasteiger charge is 2.45. The fraction of sp³-hybridized carbons (Fsp3) is 0.875. The molecule has 14 heavy (non-hydrogen) atoms. The van der Waals surface area contributed by atoms with Gasteiger partial charge in [0.1, 0.15) is 6.34 Å². The van der Waals surface area contributed by atoms with Crippen LogP contribution in [0.15, 0.2) is 5.10 Å². The summed E-state index contributed by atoms with van der Waals surface area (Å²) in [5.41, 5.74) is 1.85. The number of nitrogens with one attached hydrogen (secondary N) is 1. The average Bonchev–Trinajstić information content (AvgIpc) is 2.29. The Bertz CT molecular complexity index is 229. The minimum atomic E-state index is -4.29. The zero-order chi connectivity index (χ0) is 11.0. The monoisotopic (exact) mass is 209 g/mol. The van der Waals surface area contributed by atoms with E-state index in [4.69, 9.17) is 0 Å². The van der Waals surface area contributed by atoms with Gasteiger partial charge in [-0.25, -0.2) is 0 Å². The van der Waals surface area contributed by atoms with Crippen molar-refractivity contribution in [2.24, 2.45) is 10.5 Å². The van der Waals surface area contributed by atoms with Gasteiger partial charge in [0.2, 0.25) is 6.17 Å². The van der Waals surface area contributed by atoms with E-state index in [9.17, 15) is 13.2 Å². The fourth-order valence-corrected chi connectivity index (χ4v) is 1.26. The van der Waals surface area contributed by atoms with Gasteiger partial charge in [-0.1, -0.05) is 20.8 Å². The highest BCUT2D eigenvalue weighted by molar-refractivity contribution is 5.57. The number of hydrogen-bond donors (Lipinski definition) is 1. The third-order valence-corrected chi connectivity index (χ3v) is 1.70. The van der Waals surface area contributed by atoms with Gasteiger partial charge in [0.25, 0.3) is 0 Å². The van der Waals surface area contributed by atoms with E-state index in [1.807, 2.05) is 26.2 Å². The zero-order valence-electron chi connectivity index (χ0n) is 8.39. The molecule has 0 saturated carbocycles. The topological polar surface area (TPSA) is 27.6 Å². The molecule has 3 nitrogen and oxygen atoms in total. The fourth-order valence-electron chi connectivity index (χ4n) is 1.26. The van der Waals surface area contributed by atoms with Crippen LogP contribution in [-0.4, -0.2) is 30.1 Å². The number of nitrogens with zero attached hydrogens (tertiary/aromatic N) is 2. The Morgan fingerprint density at radius 2 is 1.93 bits per heavy atom. The molecule has 1 rings (SSSR count). The summed E-state index contributed by atoms with van der Waals surface area (Å²) in [7, 11) is 0. The van der Waals surface area contributed by atoms with Gasteiger partial charge in [0.15, 0.2) is 0 Å². The molecule has 0 saturated heterocycles. The van der Waals surface area contributed by atoms with Crippen molar-refractivity contribution < 1.29 is 13.2 Å². The van der Waals surface area contributed by atoms with Crippen LogP contribution in [-0.2, 0) is 0 Å². The summed E-state index contributed by atoms with van der Waals surface area (Å²) in [6.45, 7) is 5.96. The molecule has 0 bridgehead atoms. The highest BCUT2D eigenvalue weighted by Crippen LogP contribution is 2.26. The van der Waals surface area contributed by atoms with E-state index >= 15 is 0 Å². The SMILES string of the molecule is CC(C)(C)CN1C=NNC1C(F)(F)F. The van der Waals surface area contributed by atoms with Gasteiger partial charge in [-0.05, 0) is 5.41 Å². The van der Waals surface area contributed by atoms with Crippen LogP contribution < -0.4 is 5.43 Å². The highest BCUT2D eigenvalue weighted by atomic mass is 19.4. The van der Waals surface area contributed by atoms with Gasteiger partial charge >= 0.3 is 6.18 Å². The van der Waals surface area contributed by atoms with Crippen molar-refractivity contribution in [2.45, 2.75) is 33.1 Å². The van der Waals surface area contributed by atoms with E-state index in [2.05, 4.69) is 5.10 Å². The van der Waals surface area contributed by atoms with Crippen molar-refractivity contribution in [1.29, 1.82) is 0 Å². The first-order chi connectivity index (χ1) is 6.20. The molecule has 82 valence electrons. The molecule has 0 spiro atoms. The Kier molecular flexibility index (Phi) is 2.65. The second-order valence-corrected chi connectivity index (χ2v) is 4.55. The van der Waals surface area contributed by atoms with Gasteiger partial charge in [0, 0.05) is 6.54 Å².